The molecule has 1 aliphatic heterocycles. The summed E-state index contributed by atoms with van der Waals surface area (Å²) < 4.78 is 37.5. The lowest BCUT2D eigenvalue weighted by Gasteiger charge is -2.21. The summed E-state index contributed by atoms with van der Waals surface area (Å²) in [6.45, 7) is 0.192. The van der Waals surface area contributed by atoms with Gasteiger partial charge < -0.3 is 28.6 Å². The van der Waals surface area contributed by atoms with Crippen LogP contribution in [0.3, 0.4) is 0 Å². The zero-order chi connectivity index (χ0) is 19.6. The Morgan fingerprint density at radius 1 is 1.26 bits per heavy atom. The van der Waals surface area contributed by atoms with Crippen LogP contribution in [0, 0.1) is 5.82 Å². The van der Waals surface area contributed by atoms with Crippen molar-refractivity contribution < 1.29 is 47.4 Å². The maximum Gasteiger partial charge on any atom is 0.526 e. The van der Waals surface area contributed by atoms with E-state index >= 15 is 0 Å². The van der Waals surface area contributed by atoms with E-state index in [1.54, 1.807) is 6.92 Å². The van der Waals surface area contributed by atoms with Gasteiger partial charge in [0.15, 0.2) is 6.61 Å². The first-order valence-electron chi connectivity index (χ1n) is 8.21. The summed E-state index contributed by atoms with van der Waals surface area (Å²) in [6.07, 6.45) is -0.581. The number of benzene rings is 1. The van der Waals surface area contributed by atoms with Crippen LogP contribution < -0.4 is 4.65 Å². The number of carbonyl (C=O) groups is 3. The minimum absolute atomic E-state index is 0.00463. The highest BCUT2D eigenvalue weighted by Crippen LogP contribution is 2.60. The van der Waals surface area contributed by atoms with Crippen LogP contribution in [0.25, 0.3) is 0 Å². The number of hydrogen-bond acceptors (Lipinski definition) is 9. The first-order valence-corrected chi connectivity index (χ1v) is 8.21. The van der Waals surface area contributed by atoms with E-state index < -0.39 is 50.0 Å². The van der Waals surface area contributed by atoms with Gasteiger partial charge in [-0.15, -0.1) is 0 Å². The number of esters is 2. The van der Waals surface area contributed by atoms with Gasteiger partial charge in [0, 0.05) is 5.82 Å². The van der Waals surface area contributed by atoms with Gasteiger partial charge in [0.2, 0.25) is 6.79 Å². The van der Waals surface area contributed by atoms with Crippen molar-refractivity contribution in [3.8, 4) is 5.75 Å². The Bertz CT molecular complexity index is 769. The molecule has 2 aliphatic rings. The number of ether oxygens (including phenoxy) is 4. The summed E-state index contributed by atoms with van der Waals surface area (Å²) in [7, 11) is -1.12. The normalized spacial score (nSPS) is 19.1. The molecule has 0 radical (unpaired) electrons. The van der Waals surface area contributed by atoms with Crippen LogP contribution >= 0.6 is 0 Å². The molecule has 1 heterocycles. The smallest absolute Gasteiger partial charge is 0.526 e. The topological polar surface area (TPSA) is 118 Å². The van der Waals surface area contributed by atoms with Gasteiger partial charge in [-0.3, -0.25) is 0 Å². The number of rotatable bonds is 6. The molecule has 0 amide bonds. The van der Waals surface area contributed by atoms with E-state index in [2.05, 4.69) is 14.2 Å². The fraction of sp³-hybridized carbons (Fsp3) is 0.438. The van der Waals surface area contributed by atoms with Crippen molar-refractivity contribution in [3.05, 3.63) is 29.1 Å². The van der Waals surface area contributed by atoms with Gasteiger partial charge in [0.05, 0.1) is 6.61 Å². The van der Waals surface area contributed by atoms with Crippen LogP contribution in [0.1, 0.15) is 35.2 Å². The van der Waals surface area contributed by atoms with E-state index in [1.807, 2.05) is 0 Å². The number of halogens is 1. The Labute approximate surface area is 153 Å². The Balaban J connectivity index is 1.55. The zero-order valence-corrected chi connectivity index (χ0v) is 14.3. The minimum atomic E-state index is -1.26. The molecule has 0 aromatic heterocycles. The lowest BCUT2D eigenvalue weighted by molar-refractivity contribution is -0.147. The quantitative estimate of drug-likeness (QED) is 0.337. The molecule has 9 nitrogen and oxygen atoms in total. The summed E-state index contributed by atoms with van der Waals surface area (Å²) in [5.74, 6) is -2.92. The van der Waals surface area contributed by atoms with Crippen LogP contribution in [0.15, 0.2) is 12.1 Å². The van der Waals surface area contributed by atoms with Crippen molar-refractivity contribution in [1.82, 2.24) is 0 Å². The standard InChI is InChI=1S/C16H16BFO9/c1-2-23-12(19)6-24-16(21)26-7-25-15(20)13-11(18)4-3-8-9-5-10(9)17(22)27-14(8)13/h3-4,9-10,22H,2,5-7H2,1H3/t9?,10-/m1/s1. The predicted molar refractivity (Wildman–Crippen MR) is 85.5 cm³/mol. The van der Waals surface area contributed by atoms with Gasteiger partial charge >= 0.3 is 25.2 Å². The van der Waals surface area contributed by atoms with Gasteiger partial charge in [0.25, 0.3) is 0 Å². The van der Waals surface area contributed by atoms with Crippen molar-refractivity contribution in [2.45, 2.75) is 25.1 Å². The highest BCUT2D eigenvalue weighted by molar-refractivity contribution is 6.48. The van der Waals surface area contributed by atoms with Crippen LogP contribution in [0.2, 0.25) is 5.82 Å². The number of carbonyl (C=O) groups excluding carboxylic acids is 3. The second-order valence-corrected chi connectivity index (χ2v) is 5.89. The van der Waals surface area contributed by atoms with E-state index in [-0.39, 0.29) is 24.1 Å². The first-order chi connectivity index (χ1) is 12.9. The molecule has 144 valence electrons. The molecule has 0 bridgehead atoms. The first kappa shape index (κ1) is 19.0. The second kappa shape index (κ2) is 7.83. The maximum atomic E-state index is 14.1. The van der Waals surface area contributed by atoms with Crippen LogP contribution in [0.5, 0.6) is 5.75 Å². The molecule has 0 spiro atoms. The molecule has 1 N–H and O–H groups in total. The van der Waals surface area contributed by atoms with Gasteiger partial charge in [0.1, 0.15) is 17.1 Å². The molecule has 11 heteroatoms. The lowest BCUT2D eigenvalue weighted by Crippen LogP contribution is -2.28. The van der Waals surface area contributed by atoms with Crippen LogP contribution in [-0.4, -0.2) is 50.2 Å². The molecule has 2 atom stereocenters. The molecule has 1 aliphatic carbocycles. The van der Waals surface area contributed by atoms with Crippen molar-refractivity contribution in [2.24, 2.45) is 0 Å². The molecular formula is C16H16BFO9. The van der Waals surface area contributed by atoms with E-state index in [4.69, 9.17) is 9.39 Å². The molecule has 3 rings (SSSR count). The third-order valence-electron chi connectivity index (χ3n) is 4.17. The molecule has 1 fully saturated rings. The van der Waals surface area contributed by atoms with E-state index in [1.165, 1.54) is 6.07 Å². The van der Waals surface area contributed by atoms with Gasteiger partial charge in [-0.25, -0.2) is 18.8 Å². The molecule has 1 aromatic rings. The van der Waals surface area contributed by atoms with Crippen LogP contribution in [0.4, 0.5) is 9.18 Å². The summed E-state index contributed by atoms with van der Waals surface area (Å²) in [5.41, 5.74) is 0.133. The largest absolute Gasteiger partial charge is 0.535 e. The number of fused-ring (bicyclic) bond motifs is 3. The van der Waals surface area contributed by atoms with Gasteiger partial charge in [-0.2, -0.15) is 0 Å². The minimum Gasteiger partial charge on any atom is -0.535 e. The Morgan fingerprint density at radius 2 is 2.04 bits per heavy atom. The zero-order valence-electron chi connectivity index (χ0n) is 14.3. The molecule has 0 saturated heterocycles. The second-order valence-electron chi connectivity index (χ2n) is 5.89. The predicted octanol–water partition coefficient (Wildman–Crippen LogP) is 1.39. The Hall–Kier alpha value is -2.82. The molecule has 27 heavy (non-hydrogen) atoms. The van der Waals surface area contributed by atoms with Crippen molar-refractivity contribution in [2.75, 3.05) is 20.0 Å². The molecule has 1 aromatic carbocycles. The summed E-state index contributed by atoms with van der Waals surface area (Å²) in [4.78, 5) is 34.5. The van der Waals surface area contributed by atoms with Crippen LogP contribution in [-0.2, 0) is 23.7 Å². The third-order valence-corrected chi connectivity index (χ3v) is 4.17. The van der Waals surface area contributed by atoms with E-state index in [0.29, 0.717) is 12.0 Å². The third kappa shape index (κ3) is 4.13. The lowest BCUT2D eigenvalue weighted by atomic mass is 9.77. The van der Waals surface area contributed by atoms with Gasteiger partial charge in [-0.05, 0) is 30.9 Å². The highest BCUT2D eigenvalue weighted by Gasteiger charge is 2.54. The fourth-order valence-corrected chi connectivity index (χ4v) is 2.84. The molecular weight excluding hydrogens is 366 g/mol. The van der Waals surface area contributed by atoms with E-state index in [9.17, 15) is 23.8 Å². The molecule has 1 unspecified atom stereocenters. The number of hydrogen-bond donors (Lipinski definition) is 1. The SMILES string of the molecule is CCOC(=O)COC(=O)OCOC(=O)c1c(F)ccc2c1OB(O)[C@@H]1CC21. The molecule has 1 saturated carbocycles. The highest BCUT2D eigenvalue weighted by atomic mass is 19.1. The van der Waals surface area contributed by atoms with Crippen molar-refractivity contribution >= 4 is 25.2 Å². The summed E-state index contributed by atoms with van der Waals surface area (Å²) in [5, 5.41) is 9.83. The summed E-state index contributed by atoms with van der Waals surface area (Å²) >= 11 is 0. The maximum absolute atomic E-state index is 14.1. The van der Waals surface area contributed by atoms with Gasteiger partial charge in [-0.1, -0.05) is 6.07 Å². The average molecular weight is 382 g/mol. The monoisotopic (exact) mass is 382 g/mol. The Kier molecular flexibility index (Phi) is 5.50. The average Bonchev–Trinajstić information content (AvgIpc) is 3.41. The van der Waals surface area contributed by atoms with E-state index in [0.717, 1.165) is 6.07 Å². The summed E-state index contributed by atoms with van der Waals surface area (Å²) in [6, 6.07) is 2.61. The fourth-order valence-electron chi connectivity index (χ4n) is 2.84. The van der Waals surface area contributed by atoms with Crippen molar-refractivity contribution in [3.63, 3.8) is 0 Å². The van der Waals surface area contributed by atoms with Crippen molar-refractivity contribution in [1.29, 1.82) is 0 Å². The Morgan fingerprint density at radius 3 is 2.78 bits per heavy atom.